The highest BCUT2D eigenvalue weighted by molar-refractivity contribution is 5.61. The maximum Gasteiger partial charge on any atom is 0.0710 e. The molecule has 3 aromatic heterocycles. The molecule has 0 saturated heterocycles. The van der Waals surface area contributed by atoms with Crippen molar-refractivity contribution < 1.29 is 0 Å². The molecule has 0 radical (unpaired) electrons. The number of nitrogens with zero attached hydrogens (tertiary/aromatic N) is 3. The smallest absolute Gasteiger partial charge is 0.0710 e. The van der Waals surface area contributed by atoms with Crippen molar-refractivity contribution in [2.24, 2.45) is 0 Å². The van der Waals surface area contributed by atoms with E-state index in [2.05, 4.69) is 25.5 Å². The van der Waals surface area contributed by atoms with E-state index in [0.717, 1.165) is 36.3 Å². The van der Waals surface area contributed by atoms with Gasteiger partial charge in [0, 0.05) is 42.5 Å². The van der Waals surface area contributed by atoms with Crippen LogP contribution >= 0.6 is 0 Å². The molecule has 0 aliphatic carbocycles. The monoisotopic (exact) mass is 279 g/mol. The highest BCUT2D eigenvalue weighted by atomic mass is 15.1. The summed E-state index contributed by atoms with van der Waals surface area (Å²) < 4.78 is 0. The van der Waals surface area contributed by atoms with E-state index in [0.29, 0.717) is 0 Å². The largest absolute Gasteiger partial charge is 0.312 e. The Morgan fingerprint density at radius 3 is 2.71 bits per heavy atom. The second kappa shape index (κ2) is 6.76. The van der Waals surface area contributed by atoms with Gasteiger partial charge < -0.3 is 5.32 Å². The van der Waals surface area contributed by atoms with E-state index in [4.69, 9.17) is 0 Å². The minimum Gasteiger partial charge on any atom is -0.312 e. The van der Waals surface area contributed by atoms with Gasteiger partial charge in [0.2, 0.25) is 0 Å². The lowest BCUT2D eigenvalue weighted by Gasteiger charge is -2.06. The molecule has 3 rings (SSSR count). The molecule has 0 fully saturated rings. The fourth-order valence-corrected chi connectivity index (χ4v) is 2.21. The van der Waals surface area contributed by atoms with Gasteiger partial charge in [0.05, 0.1) is 11.9 Å². The second-order valence-electron chi connectivity index (χ2n) is 4.79. The second-order valence-corrected chi connectivity index (χ2v) is 4.79. The van der Waals surface area contributed by atoms with E-state index < -0.39 is 0 Å². The number of aromatic amines is 1. The van der Waals surface area contributed by atoms with Gasteiger partial charge in [-0.25, -0.2) is 0 Å². The van der Waals surface area contributed by atoms with E-state index >= 15 is 0 Å². The zero-order valence-corrected chi connectivity index (χ0v) is 11.7. The lowest BCUT2D eigenvalue weighted by molar-refractivity contribution is 0.687. The summed E-state index contributed by atoms with van der Waals surface area (Å²) in [6, 6.07) is 8.04. The molecule has 0 aliphatic heterocycles. The van der Waals surface area contributed by atoms with Crippen LogP contribution in [0.25, 0.3) is 11.3 Å². The Morgan fingerprint density at radius 2 is 1.90 bits per heavy atom. The first-order valence-electron chi connectivity index (χ1n) is 6.96. The Hall–Kier alpha value is -2.53. The topological polar surface area (TPSA) is 66.5 Å². The Kier molecular flexibility index (Phi) is 4.33. The van der Waals surface area contributed by atoms with Crippen LogP contribution in [-0.2, 0) is 13.0 Å². The van der Waals surface area contributed by atoms with E-state index in [-0.39, 0.29) is 0 Å². The van der Waals surface area contributed by atoms with E-state index in [9.17, 15) is 0 Å². The number of hydrogen-bond acceptors (Lipinski definition) is 4. The molecule has 0 amide bonds. The molecule has 2 N–H and O–H groups in total. The van der Waals surface area contributed by atoms with Gasteiger partial charge in [0.1, 0.15) is 0 Å². The molecule has 3 aromatic rings. The van der Waals surface area contributed by atoms with Crippen molar-refractivity contribution in [1.29, 1.82) is 0 Å². The number of pyridine rings is 2. The molecule has 0 spiro atoms. The van der Waals surface area contributed by atoms with Crippen molar-refractivity contribution in [3.63, 3.8) is 0 Å². The Morgan fingerprint density at radius 1 is 1.00 bits per heavy atom. The maximum absolute atomic E-state index is 4.14. The average Bonchev–Trinajstić information content (AvgIpc) is 3.02. The molecule has 5 nitrogen and oxygen atoms in total. The van der Waals surface area contributed by atoms with Gasteiger partial charge in [-0.3, -0.25) is 15.1 Å². The van der Waals surface area contributed by atoms with Crippen molar-refractivity contribution in [2.45, 2.75) is 13.0 Å². The zero-order chi connectivity index (χ0) is 14.3. The molecular formula is C16H17N5. The summed E-state index contributed by atoms with van der Waals surface area (Å²) in [7, 11) is 0. The van der Waals surface area contributed by atoms with E-state index in [1.165, 1.54) is 5.56 Å². The van der Waals surface area contributed by atoms with Crippen molar-refractivity contribution in [3.8, 4) is 11.3 Å². The SMILES string of the molecule is c1cncc(-c2[nH]ncc2CNCCc2ccncc2)c1. The molecule has 3 heterocycles. The van der Waals surface area contributed by atoms with Crippen LogP contribution in [0.2, 0.25) is 0 Å². The summed E-state index contributed by atoms with van der Waals surface area (Å²) in [6.45, 7) is 1.70. The summed E-state index contributed by atoms with van der Waals surface area (Å²) >= 11 is 0. The van der Waals surface area contributed by atoms with Crippen molar-refractivity contribution in [2.75, 3.05) is 6.54 Å². The third kappa shape index (κ3) is 3.52. The molecule has 5 heteroatoms. The Labute approximate surface area is 123 Å². The minimum atomic E-state index is 0.784. The van der Waals surface area contributed by atoms with Crippen LogP contribution in [0.4, 0.5) is 0 Å². The minimum absolute atomic E-state index is 0.784. The van der Waals surface area contributed by atoms with E-state index in [1.54, 1.807) is 6.20 Å². The van der Waals surface area contributed by atoms with Crippen molar-refractivity contribution >= 4 is 0 Å². The van der Waals surface area contributed by atoms with Crippen molar-refractivity contribution in [1.82, 2.24) is 25.5 Å². The fraction of sp³-hybridized carbons (Fsp3) is 0.188. The molecule has 21 heavy (non-hydrogen) atoms. The standard InChI is InChI=1S/C16H17N5/c1-2-14(10-18-6-1)16-15(12-20-21-16)11-19-9-5-13-3-7-17-8-4-13/h1-4,6-8,10,12,19H,5,9,11H2,(H,20,21). The Balaban J connectivity index is 1.56. The van der Waals surface area contributed by atoms with Gasteiger partial charge in [-0.1, -0.05) is 0 Å². The molecular weight excluding hydrogens is 262 g/mol. The van der Waals surface area contributed by atoms with Crippen LogP contribution in [0.1, 0.15) is 11.1 Å². The summed E-state index contributed by atoms with van der Waals surface area (Å²) in [5, 5.41) is 10.6. The fourth-order valence-electron chi connectivity index (χ4n) is 2.21. The number of nitrogens with one attached hydrogen (secondary N) is 2. The Bertz CT molecular complexity index is 663. The zero-order valence-electron chi connectivity index (χ0n) is 11.7. The lowest BCUT2D eigenvalue weighted by atomic mass is 10.1. The van der Waals surface area contributed by atoms with Crippen LogP contribution in [-0.4, -0.2) is 26.7 Å². The van der Waals surface area contributed by atoms with Gasteiger partial charge >= 0.3 is 0 Å². The van der Waals surface area contributed by atoms with Gasteiger partial charge in [0.25, 0.3) is 0 Å². The summed E-state index contributed by atoms with van der Waals surface area (Å²) in [5.41, 5.74) is 4.52. The highest BCUT2D eigenvalue weighted by Gasteiger charge is 2.07. The molecule has 0 bridgehead atoms. The van der Waals surface area contributed by atoms with Crippen LogP contribution < -0.4 is 5.32 Å². The normalized spacial score (nSPS) is 10.7. The first kappa shape index (κ1) is 13.5. The number of aromatic nitrogens is 4. The molecule has 0 atom stereocenters. The number of rotatable bonds is 6. The first-order valence-corrected chi connectivity index (χ1v) is 6.96. The molecule has 106 valence electrons. The van der Waals surface area contributed by atoms with Crippen molar-refractivity contribution in [3.05, 3.63) is 66.4 Å². The summed E-state index contributed by atoms with van der Waals surface area (Å²) in [4.78, 5) is 8.16. The lowest BCUT2D eigenvalue weighted by Crippen LogP contribution is -2.16. The van der Waals surface area contributed by atoms with Gasteiger partial charge in [-0.15, -0.1) is 0 Å². The van der Waals surface area contributed by atoms with Crippen LogP contribution in [0.15, 0.2) is 55.2 Å². The van der Waals surface area contributed by atoms with Gasteiger partial charge in [-0.05, 0) is 42.8 Å². The van der Waals surface area contributed by atoms with Crippen LogP contribution in [0.3, 0.4) is 0 Å². The predicted molar refractivity (Wildman–Crippen MR) is 81.5 cm³/mol. The summed E-state index contributed by atoms with van der Waals surface area (Å²) in [6.07, 6.45) is 10.1. The van der Waals surface area contributed by atoms with Crippen LogP contribution in [0.5, 0.6) is 0 Å². The third-order valence-corrected chi connectivity index (χ3v) is 3.32. The number of hydrogen-bond donors (Lipinski definition) is 2. The third-order valence-electron chi connectivity index (χ3n) is 3.32. The molecule has 0 unspecified atom stereocenters. The maximum atomic E-state index is 4.14. The average molecular weight is 279 g/mol. The quantitative estimate of drug-likeness (QED) is 0.679. The molecule has 0 saturated carbocycles. The van der Waals surface area contributed by atoms with E-state index in [1.807, 2.05) is 49.1 Å². The molecule has 0 aromatic carbocycles. The van der Waals surface area contributed by atoms with Gasteiger partial charge in [-0.2, -0.15) is 5.10 Å². The van der Waals surface area contributed by atoms with Gasteiger partial charge in [0.15, 0.2) is 0 Å². The first-order chi connectivity index (χ1) is 10.4. The number of H-pyrrole nitrogens is 1. The summed E-state index contributed by atoms with van der Waals surface area (Å²) in [5.74, 6) is 0. The molecule has 0 aliphatic rings. The predicted octanol–water partition coefficient (Wildman–Crippen LogP) is 2.20. The highest BCUT2D eigenvalue weighted by Crippen LogP contribution is 2.19. The van der Waals surface area contributed by atoms with Crippen LogP contribution in [0, 0.1) is 0 Å².